The Morgan fingerprint density at radius 1 is 1.43 bits per heavy atom. The molecule has 0 saturated carbocycles. The van der Waals surface area contributed by atoms with E-state index in [0.29, 0.717) is 12.3 Å². The molecule has 0 heterocycles. The molecule has 1 rings (SSSR count). The van der Waals surface area contributed by atoms with Crippen molar-refractivity contribution in [1.29, 1.82) is 0 Å². The molecule has 0 atom stereocenters. The quantitative estimate of drug-likeness (QED) is 0.415. The minimum Gasteiger partial charge on any atom is -0.283 e. The number of rotatable bonds is 4. The van der Waals surface area contributed by atoms with Gasteiger partial charge in [-0.1, -0.05) is 30.3 Å². The van der Waals surface area contributed by atoms with Crippen LogP contribution in [0.3, 0.4) is 0 Å². The highest BCUT2D eigenvalue weighted by Gasteiger charge is 1.99. The van der Waals surface area contributed by atoms with Crippen LogP contribution in [0.1, 0.15) is 12.5 Å². The molecule has 0 aliphatic carbocycles. The summed E-state index contributed by atoms with van der Waals surface area (Å²) in [5.74, 6) is 0. The maximum atomic E-state index is 10.1. The van der Waals surface area contributed by atoms with Crippen molar-refractivity contribution in [3.8, 4) is 0 Å². The minimum atomic E-state index is -0.371. The molecular formula is C10H12N2O2. The van der Waals surface area contributed by atoms with E-state index < -0.39 is 0 Å². The lowest BCUT2D eigenvalue weighted by Gasteiger charge is -1.96. The summed E-state index contributed by atoms with van der Waals surface area (Å²) in [5, 5.41) is 10.1. The standard InChI is InChI=1S/C10H12N2O2/c1-9(8-12(13)14)11-7-10-5-3-2-4-6-10/h2-6H,7-8H2,1H3. The second kappa shape index (κ2) is 5.11. The summed E-state index contributed by atoms with van der Waals surface area (Å²) in [5.41, 5.74) is 1.62. The first-order chi connectivity index (χ1) is 6.68. The zero-order valence-electron chi connectivity index (χ0n) is 8.01. The van der Waals surface area contributed by atoms with E-state index in [1.54, 1.807) is 6.92 Å². The maximum Gasteiger partial charge on any atom is 0.241 e. The zero-order chi connectivity index (χ0) is 10.4. The highest BCUT2D eigenvalue weighted by molar-refractivity contribution is 5.82. The van der Waals surface area contributed by atoms with Crippen molar-refractivity contribution in [1.82, 2.24) is 0 Å². The first-order valence-corrected chi connectivity index (χ1v) is 4.34. The van der Waals surface area contributed by atoms with Crippen molar-refractivity contribution < 1.29 is 4.92 Å². The second-order valence-electron chi connectivity index (χ2n) is 3.03. The van der Waals surface area contributed by atoms with Crippen molar-refractivity contribution in [3.05, 3.63) is 46.0 Å². The predicted molar refractivity (Wildman–Crippen MR) is 55.1 cm³/mol. The molecule has 0 aliphatic rings. The SMILES string of the molecule is CC(C[N+](=O)[O-])=NCc1ccccc1. The summed E-state index contributed by atoms with van der Waals surface area (Å²) < 4.78 is 0. The van der Waals surface area contributed by atoms with Crippen LogP contribution in [0.25, 0.3) is 0 Å². The van der Waals surface area contributed by atoms with E-state index in [-0.39, 0.29) is 11.5 Å². The summed E-state index contributed by atoms with van der Waals surface area (Å²) in [6.07, 6.45) is 0. The molecule has 0 bridgehead atoms. The topological polar surface area (TPSA) is 55.5 Å². The van der Waals surface area contributed by atoms with Gasteiger partial charge in [0, 0.05) is 4.92 Å². The largest absolute Gasteiger partial charge is 0.283 e. The Bertz CT molecular complexity index is 333. The van der Waals surface area contributed by atoms with Crippen molar-refractivity contribution in [2.24, 2.45) is 4.99 Å². The molecule has 0 saturated heterocycles. The summed E-state index contributed by atoms with van der Waals surface area (Å²) in [4.78, 5) is 13.9. The van der Waals surface area contributed by atoms with Crippen LogP contribution in [-0.2, 0) is 6.54 Å². The molecule has 0 aliphatic heterocycles. The Morgan fingerprint density at radius 3 is 2.64 bits per heavy atom. The van der Waals surface area contributed by atoms with Gasteiger partial charge in [-0.15, -0.1) is 0 Å². The molecule has 0 spiro atoms. The van der Waals surface area contributed by atoms with Crippen LogP contribution < -0.4 is 0 Å². The zero-order valence-corrected chi connectivity index (χ0v) is 8.01. The molecule has 1 aromatic rings. The minimum absolute atomic E-state index is 0.174. The van der Waals surface area contributed by atoms with E-state index in [2.05, 4.69) is 4.99 Å². The molecular weight excluding hydrogens is 180 g/mol. The average molecular weight is 192 g/mol. The monoisotopic (exact) mass is 192 g/mol. The predicted octanol–water partition coefficient (Wildman–Crippen LogP) is 1.92. The van der Waals surface area contributed by atoms with Gasteiger partial charge in [-0.25, -0.2) is 0 Å². The van der Waals surface area contributed by atoms with Gasteiger partial charge in [0.1, 0.15) is 0 Å². The molecule has 0 aromatic heterocycles. The molecule has 74 valence electrons. The maximum absolute atomic E-state index is 10.1. The fourth-order valence-electron chi connectivity index (χ4n) is 1.05. The molecule has 4 nitrogen and oxygen atoms in total. The molecule has 1 aromatic carbocycles. The molecule has 0 radical (unpaired) electrons. The Balaban J connectivity index is 2.51. The average Bonchev–Trinajstić information content (AvgIpc) is 2.15. The van der Waals surface area contributed by atoms with Crippen molar-refractivity contribution in [2.45, 2.75) is 13.5 Å². The fraction of sp³-hybridized carbons (Fsp3) is 0.300. The van der Waals surface area contributed by atoms with Crippen LogP contribution >= 0.6 is 0 Å². The Hall–Kier alpha value is -1.71. The lowest BCUT2D eigenvalue weighted by molar-refractivity contribution is -0.463. The summed E-state index contributed by atoms with van der Waals surface area (Å²) in [7, 11) is 0. The summed E-state index contributed by atoms with van der Waals surface area (Å²) in [6, 6.07) is 9.67. The van der Waals surface area contributed by atoms with Crippen molar-refractivity contribution >= 4 is 5.71 Å². The first kappa shape index (κ1) is 10.4. The van der Waals surface area contributed by atoms with Gasteiger partial charge in [0.15, 0.2) is 0 Å². The summed E-state index contributed by atoms with van der Waals surface area (Å²) in [6.45, 7) is 2.01. The van der Waals surface area contributed by atoms with E-state index in [1.807, 2.05) is 30.3 Å². The van der Waals surface area contributed by atoms with Gasteiger partial charge < -0.3 is 0 Å². The third kappa shape index (κ3) is 3.80. The molecule has 0 amide bonds. The van der Waals surface area contributed by atoms with Gasteiger partial charge in [-0.05, 0) is 12.5 Å². The Kier molecular flexibility index (Phi) is 3.79. The molecule has 4 heteroatoms. The molecule has 0 unspecified atom stereocenters. The van der Waals surface area contributed by atoms with Crippen molar-refractivity contribution in [3.63, 3.8) is 0 Å². The molecule has 14 heavy (non-hydrogen) atoms. The highest BCUT2D eigenvalue weighted by atomic mass is 16.6. The van der Waals surface area contributed by atoms with Gasteiger partial charge in [0.05, 0.1) is 12.3 Å². The third-order valence-corrected chi connectivity index (χ3v) is 1.73. The first-order valence-electron chi connectivity index (χ1n) is 4.34. The van der Waals surface area contributed by atoms with Crippen molar-refractivity contribution in [2.75, 3.05) is 6.54 Å². The number of hydrogen-bond donors (Lipinski definition) is 0. The normalized spacial score (nSPS) is 11.4. The van der Waals surface area contributed by atoms with Gasteiger partial charge in [-0.2, -0.15) is 0 Å². The number of nitro groups is 1. The molecule has 0 fully saturated rings. The highest BCUT2D eigenvalue weighted by Crippen LogP contribution is 2.00. The number of aliphatic imine (C=N–C) groups is 1. The van der Waals surface area contributed by atoms with E-state index >= 15 is 0 Å². The van der Waals surface area contributed by atoms with Crippen LogP contribution in [0.5, 0.6) is 0 Å². The fourth-order valence-corrected chi connectivity index (χ4v) is 1.05. The second-order valence-corrected chi connectivity index (χ2v) is 3.03. The van der Waals surface area contributed by atoms with Gasteiger partial charge in [0.2, 0.25) is 6.54 Å². The van der Waals surface area contributed by atoms with Crippen LogP contribution in [-0.4, -0.2) is 17.2 Å². The van der Waals surface area contributed by atoms with Gasteiger partial charge in [-0.3, -0.25) is 15.1 Å². The van der Waals surface area contributed by atoms with Gasteiger partial charge in [0.25, 0.3) is 0 Å². The Labute approximate surface area is 82.4 Å². The van der Waals surface area contributed by atoms with Crippen LogP contribution in [0.2, 0.25) is 0 Å². The van der Waals surface area contributed by atoms with Gasteiger partial charge >= 0.3 is 0 Å². The lowest BCUT2D eigenvalue weighted by Crippen LogP contribution is -2.10. The van der Waals surface area contributed by atoms with Crippen LogP contribution in [0.4, 0.5) is 0 Å². The number of hydrogen-bond acceptors (Lipinski definition) is 3. The number of benzene rings is 1. The van der Waals surface area contributed by atoms with E-state index in [9.17, 15) is 10.1 Å². The molecule has 0 N–H and O–H groups in total. The van der Waals surface area contributed by atoms with E-state index in [1.165, 1.54) is 0 Å². The third-order valence-electron chi connectivity index (χ3n) is 1.73. The Morgan fingerprint density at radius 2 is 2.07 bits per heavy atom. The summed E-state index contributed by atoms with van der Waals surface area (Å²) >= 11 is 0. The van der Waals surface area contributed by atoms with Crippen LogP contribution in [0.15, 0.2) is 35.3 Å². The van der Waals surface area contributed by atoms with Crippen LogP contribution in [0, 0.1) is 10.1 Å². The smallest absolute Gasteiger partial charge is 0.241 e. The van der Waals surface area contributed by atoms with E-state index in [4.69, 9.17) is 0 Å². The lowest BCUT2D eigenvalue weighted by atomic mass is 10.2. The van der Waals surface area contributed by atoms with E-state index in [0.717, 1.165) is 5.56 Å². The number of nitrogens with zero attached hydrogens (tertiary/aromatic N) is 2.